The van der Waals surface area contributed by atoms with Crippen LogP contribution in [0.5, 0.6) is 0 Å². The second kappa shape index (κ2) is 9.50. The zero-order valence-electron chi connectivity index (χ0n) is 14.0. The Labute approximate surface area is 142 Å². The lowest BCUT2D eigenvalue weighted by atomic mass is 10.2. The molecule has 1 rings (SSSR count). The summed E-state index contributed by atoms with van der Waals surface area (Å²) in [5.41, 5.74) is 0.625. The summed E-state index contributed by atoms with van der Waals surface area (Å²) in [5, 5.41) is 3.36. The Balaban J connectivity index is 2.75. The largest absolute Gasteiger partial charge is 0.383 e. The van der Waals surface area contributed by atoms with Crippen LogP contribution in [0.2, 0.25) is 5.02 Å². The minimum Gasteiger partial charge on any atom is -0.383 e. The summed E-state index contributed by atoms with van der Waals surface area (Å²) < 4.78 is 5.06. The number of nitrogens with zero attached hydrogens (tertiary/aromatic N) is 2. The molecule has 0 spiro atoms. The highest BCUT2D eigenvalue weighted by atomic mass is 35.5. The normalized spacial score (nSPS) is 12.1. The molecule has 0 heterocycles. The van der Waals surface area contributed by atoms with E-state index in [1.165, 1.54) is 4.90 Å². The van der Waals surface area contributed by atoms with Crippen molar-refractivity contribution in [1.29, 1.82) is 0 Å². The van der Waals surface area contributed by atoms with Gasteiger partial charge in [-0.05, 0) is 25.1 Å². The number of hydrogen-bond donors (Lipinski definition) is 1. The van der Waals surface area contributed by atoms with Crippen LogP contribution in [0.4, 0.5) is 5.69 Å². The van der Waals surface area contributed by atoms with E-state index >= 15 is 0 Å². The molecule has 1 aromatic rings. The first kappa shape index (κ1) is 19.4. The standard InChI is InChI=1S/C16H24ClN3O3/c1-12(16(22)18-14-7-5-6-13(17)10-14)20(8-9-23-4)11-15(21)19(2)3/h5-7,10,12H,8-9,11H2,1-4H3,(H,18,22)/t12-/m1/s1. The molecule has 0 aliphatic heterocycles. The van der Waals surface area contributed by atoms with Crippen LogP contribution in [0.15, 0.2) is 24.3 Å². The predicted octanol–water partition coefficient (Wildman–Crippen LogP) is 1.70. The molecule has 128 valence electrons. The van der Waals surface area contributed by atoms with Gasteiger partial charge in [-0.15, -0.1) is 0 Å². The van der Waals surface area contributed by atoms with Gasteiger partial charge in [0.2, 0.25) is 11.8 Å². The third-order valence-corrected chi connectivity index (χ3v) is 3.67. The van der Waals surface area contributed by atoms with Crippen molar-refractivity contribution in [2.75, 3.05) is 46.2 Å². The fraction of sp³-hybridized carbons (Fsp3) is 0.500. The molecular formula is C16H24ClN3O3. The number of rotatable bonds is 8. The highest BCUT2D eigenvalue weighted by Gasteiger charge is 2.24. The quantitative estimate of drug-likeness (QED) is 0.782. The van der Waals surface area contributed by atoms with Crippen LogP contribution in [0.25, 0.3) is 0 Å². The van der Waals surface area contributed by atoms with Gasteiger partial charge in [0.1, 0.15) is 0 Å². The van der Waals surface area contributed by atoms with Crippen molar-refractivity contribution >= 4 is 29.1 Å². The molecule has 0 bridgehead atoms. The van der Waals surface area contributed by atoms with Gasteiger partial charge in [-0.25, -0.2) is 0 Å². The van der Waals surface area contributed by atoms with Crippen LogP contribution >= 0.6 is 11.6 Å². The molecule has 23 heavy (non-hydrogen) atoms. The van der Waals surface area contributed by atoms with E-state index in [-0.39, 0.29) is 18.4 Å². The first-order valence-electron chi connectivity index (χ1n) is 7.34. The number of halogens is 1. The number of benzene rings is 1. The van der Waals surface area contributed by atoms with E-state index in [9.17, 15) is 9.59 Å². The Hall–Kier alpha value is -1.63. The molecular weight excluding hydrogens is 318 g/mol. The zero-order valence-corrected chi connectivity index (χ0v) is 14.8. The van der Waals surface area contributed by atoms with Crippen LogP contribution in [0.1, 0.15) is 6.92 Å². The van der Waals surface area contributed by atoms with Gasteiger partial charge in [-0.3, -0.25) is 14.5 Å². The molecule has 1 N–H and O–H groups in total. The monoisotopic (exact) mass is 341 g/mol. The smallest absolute Gasteiger partial charge is 0.241 e. The molecule has 1 aromatic carbocycles. The van der Waals surface area contributed by atoms with Crippen molar-refractivity contribution in [1.82, 2.24) is 9.80 Å². The average Bonchev–Trinajstić information content (AvgIpc) is 2.50. The summed E-state index contributed by atoms with van der Waals surface area (Å²) in [5.74, 6) is -0.265. The summed E-state index contributed by atoms with van der Waals surface area (Å²) in [6.45, 7) is 2.84. The number of carbonyl (C=O) groups excluding carboxylic acids is 2. The third-order valence-electron chi connectivity index (χ3n) is 3.44. The number of methoxy groups -OCH3 is 1. The number of carbonyl (C=O) groups is 2. The maximum Gasteiger partial charge on any atom is 0.241 e. The predicted molar refractivity (Wildman–Crippen MR) is 91.7 cm³/mol. The van der Waals surface area contributed by atoms with Gasteiger partial charge in [-0.1, -0.05) is 17.7 Å². The van der Waals surface area contributed by atoms with E-state index in [2.05, 4.69) is 5.32 Å². The number of likely N-dealkylation sites (N-methyl/N-ethyl adjacent to an activating group) is 1. The number of ether oxygens (including phenoxy) is 1. The molecule has 0 saturated carbocycles. The molecule has 7 heteroatoms. The summed E-state index contributed by atoms with van der Waals surface area (Å²) in [6, 6.07) is 6.47. The van der Waals surface area contributed by atoms with Crippen molar-refractivity contribution in [2.45, 2.75) is 13.0 Å². The van der Waals surface area contributed by atoms with Crippen molar-refractivity contribution in [2.24, 2.45) is 0 Å². The van der Waals surface area contributed by atoms with Crippen LogP contribution in [0, 0.1) is 0 Å². The lowest BCUT2D eigenvalue weighted by Gasteiger charge is -2.28. The Morgan fingerprint density at radius 1 is 1.35 bits per heavy atom. The minimum atomic E-state index is -0.479. The number of nitrogens with one attached hydrogen (secondary N) is 1. The Kier molecular flexibility index (Phi) is 8.02. The van der Waals surface area contributed by atoms with E-state index in [1.807, 2.05) is 0 Å². The topological polar surface area (TPSA) is 61.9 Å². The van der Waals surface area contributed by atoms with Crippen molar-refractivity contribution < 1.29 is 14.3 Å². The van der Waals surface area contributed by atoms with Gasteiger partial charge in [0.05, 0.1) is 19.2 Å². The molecule has 2 amide bonds. The molecule has 0 saturated heterocycles. The van der Waals surface area contributed by atoms with E-state index in [0.29, 0.717) is 23.9 Å². The summed E-state index contributed by atoms with van der Waals surface area (Å²) in [4.78, 5) is 27.6. The van der Waals surface area contributed by atoms with Crippen molar-refractivity contribution in [3.63, 3.8) is 0 Å². The van der Waals surface area contributed by atoms with Gasteiger partial charge in [0.25, 0.3) is 0 Å². The second-order valence-corrected chi connectivity index (χ2v) is 5.86. The molecule has 0 unspecified atom stereocenters. The number of hydrogen-bond acceptors (Lipinski definition) is 4. The van der Waals surface area contributed by atoms with Gasteiger partial charge in [0.15, 0.2) is 0 Å². The Morgan fingerprint density at radius 2 is 2.04 bits per heavy atom. The lowest BCUT2D eigenvalue weighted by Crippen LogP contribution is -2.48. The molecule has 1 atom stereocenters. The summed E-state index contributed by atoms with van der Waals surface area (Å²) >= 11 is 5.91. The molecule has 0 aliphatic rings. The van der Waals surface area contributed by atoms with Crippen LogP contribution < -0.4 is 5.32 Å². The first-order valence-corrected chi connectivity index (χ1v) is 7.72. The second-order valence-electron chi connectivity index (χ2n) is 5.43. The molecule has 6 nitrogen and oxygen atoms in total. The Bertz CT molecular complexity index is 537. The number of anilines is 1. The zero-order chi connectivity index (χ0) is 17.4. The summed E-state index contributed by atoms with van der Waals surface area (Å²) in [6.07, 6.45) is 0. The van der Waals surface area contributed by atoms with Gasteiger partial charge < -0.3 is 15.0 Å². The van der Waals surface area contributed by atoms with E-state index in [4.69, 9.17) is 16.3 Å². The minimum absolute atomic E-state index is 0.0662. The van der Waals surface area contributed by atoms with Crippen LogP contribution in [-0.4, -0.2) is 68.6 Å². The first-order chi connectivity index (χ1) is 10.8. The molecule has 0 aliphatic carbocycles. The van der Waals surface area contributed by atoms with Crippen molar-refractivity contribution in [3.05, 3.63) is 29.3 Å². The molecule has 0 fully saturated rings. The van der Waals surface area contributed by atoms with Gasteiger partial charge in [0, 0.05) is 38.5 Å². The fourth-order valence-corrected chi connectivity index (χ4v) is 2.10. The maximum absolute atomic E-state index is 12.4. The highest BCUT2D eigenvalue weighted by molar-refractivity contribution is 6.30. The van der Waals surface area contributed by atoms with Crippen LogP contribution in [-0.2, 0) is 14.3 Å². The summed E-state index contributed by atoms with van der Waals surface area (Å²) in [7, 11) is 4.96. The van der Waals surface area contributed by atoms with Gasteiger partial charge >= 0.3 is 0 Å². The van der Waals surface area contributed by atoms with E-state index in [1.54, 1.807) is 57.3 Å². The SMILES string of the molecule is COCCN(CC(=O)N(C)C)[C@H](C)C(=O)Nc1cccc(Cl)c1. The van der Waals surface area contributed by atoms with Crippen LogP contribution in [0.3, 0.4) is 0 Å². The molecule has 0 aromatic heterocycles. The molecule has 0 radical (unpaired) electrons. The highest BCUT2D eigenvalue weighted by Crippen LogP contribution is 2.15. The Morgan fingerprint density at radius 3 is 2.61 bits per heavy atom. The number of amides is 2. The van der Waals surface area contributed by atoms with E-state index < -0.39 is 6.04 Å². The van der Waals surface area contributed by atoms with Gasteiger partial charge in [-0.2, -0.15) is 0 Å². The van der Waals surface area contributed by atoms with Crippen molar-refractivity contribution in [3.8, 4) is 0 Å². The average molecular weight is 342 g/mol. The lowest BCUT2D eigenvalue weighted by molar-refractivity contribution is -0.131. The third kappa shape index (κ3) is 6.56. The van der Waals surface area contributed by atoms with E-state index in [0.717, 1.165) is 0 Å². The fourth-order valence-electron chi connectivity index (χ4n) is 1.91. The maximum atomic E-state index is 12.4.